The lowest BCUT2D eigenvalue weighted by molar-refractivity contribution is 0.0771. The molecular weight excluding hydrogens is 342 g/mol. The summed E-state index contributed by atoms with van der Waals surface area (Å²) in [7, 11) is 0.488. The molecule has 0 aromatic heterocycles. The first-order chi connectivity index (χ1) is 12.2. The molecule has 2 rings (SSSR count). The molecular formula is C21H37NO3Si. The molecule has 0 unspecified atom stereocenters. The van der Waals surface area contributed by atoms with E-state index in [0.29, 0.717) is 18.8 Å². The van der Waals surface area contributed by atoms with Gasteiger partial charge in [-0.25, -0.2) is 0 Å². The Bertz CT molecular complexity index is 530. The highest BCUT2D eigenvalue weighted by Gasteiger charge is 2.41. The monoisotopic (exact) mass is 379 g/mol. The van der Waals surface area contributed by atoms with Gasteiger partial charge in [0.05, 0.1) is 19.3 Å². The van der Waals surface area contributed by atoms with Gasteiger partial charge in [0, 0.05) is 25.6 Å². The Morgan fingerprint density at radius 3 is 2.46 bits per heavy atom. The van der Waals surface area contributed by atoms with Crippen molar-refractivity contribution in [3.05, 3.63) is 30.3 Å². The van der Waals surface area contributed by atoms with Gasteiger partial charge < -0.3 is 13.9 Å². The van der Waals surface area contributed by atoms with Crippen LogP contribution in [-0.2, 0) is 9.16 Å². The first-order valence-corrected chi connectivity index (χ1v) is 12.7. The molecule has 2 atom stereocenters. The summed E-state index contributed by atoms with van der Waals surface area (Å²) in [5.74, 6) is 0.925. The minimum absolute atomic E-state index is 0.263. The summed E-state index contributed by atoms with van der Waals surface area (Å²) in [6.07, 6.45) is 2.33. The SMILES string of the molecule is CN1C[C@@H](O[Si](C)(C)C(C)(C)C)C[C@@H]1COCCCOc1ccccc1. The van der Waals surface area contributed by atoms with Crippen LogP contribution in [0.5, 0.6) is 5.75 Å². The fourth-order valence-electron chi connectivity index (χ4n) is 2.99. The van der Waals surface area contributed by atoms with Gasteiger partial charge in [0.25, 0.3) is 0 Å². The van der Waals surface area contributed by atoms with Gasteiger partial charge in [-0.05, 0) is 43.7 Å². The van der Waals surface area contributed by atoms with Crippen molar-refractivity contribution in [3.8, 4) is 5.75 Å². The van der Waals surface area contributed by atoms with Gasteiger partial charge in [0.1, 0.15) is 5.75 Å². The summed E-state index contributed by atoms with van der Waals surface area (Å²) >= 11 is 0. The number of likely N-dealkylation sites (N-methyl/N-ethyl adjacent to an activating group) is 1. The molecule has 0 N–H and O–H groups in total. The quantitative estimate of drug-likeness (QED) is 0.465. The highest BCUT2D eigenvalue weighted by molar-refractivity contribution is 6.74. The third kappa shape index (κ3) is 6.37. The molecule has 0 amide bonds. The summed E-state index contributed by atoms with van der Waals surface area (Å²) < 4.78 is 18.2. The summed E-state index contributed by atoms with van der Waals surface area (Å²) in [6, 6.07) is 10.4. The fourth-order valence-corrected chi connectivity index (χ4v) is 4.35. The molecule has 0 spiro atoms. The molecule has 1 fully saturated rings. The van der Waals surface area contributed by atoms with E-state index >= 15 is 0 Å². The molecule has 4 nitrogen and oxygen atoms in total. The number of hydrogen-bond donors (Lipinski definition) is 0. The fraction of sp³-hybridized carbons (Fsp3) is 0.714. The molecule has 0 bridgehead atoms. The van der Waals surface area contributed by atoms with Gasteiger partial charge in [-0.15, -0.1) is 0 Å². The molecule has 26 heavy (non-hydrogen) atoms. The maximum absolute atomic E-state index is 6.58. The predicted octanol–water partition coefficient (Wildman–Crippen LogP) is 4.57. The van der Waals surface area contributed by atoms with Crippen molar-refractivity contribution < 1.29 is 13.9 Å². The van der Waals surface area contributed by atoms with Crippen LogP contribution in [0.3, 0.4) is 0 Å². The van der Waals surface area contributed by atoms with Gasteiger partial charge >= 0.3 is 0 Å². The third-order valence-corrected chi connectivity index (χ3v) is 10.2. The molecule has 148 valence electrons. The summed E-state index contributed by atoms with van der Waals surface area (Å²) in [4.78, 5) is 2.39. The van der Waals surface area contributed by atoms with Crippen LogP contribution in [0.2, 0.25) is 18.1 Å². The Morgan fingerprint density at radius 2 is 1.81 bits per heavy atom. The molecule has 1 saturated heterocycles. The molecule has 5 heteroatoms. The van der Waals surface area contributed by atoms with E-state index < -0.39 is 8.32 Å². The zero-order chi connectivity index (χ0) is 19.2. The van der Waals surface area contributed by atoms with E-state index in [0.717, 1.165) is 38.3 Å². The van der Waals surface area contributed by atoms with Gasteiger partial charge in [-0.2, -0.15) is 0 Å². The maximum Gasteiger partial charge on any atom is 0.192 e. The van der Waals surface area contributed by atoms with Crippen molar-refractivity contribution in [2.75, 3.05) is 33.4 Å². The number of likely N-dealkylation sites (tertiary alicyclic amines) is 1. The van der Waals surface area contributed by atoms with Crippen LogP contribution < -0.4 is 4.74 Å². The zero-order valence-corrected chi connectivity index (χ0v) is 18.5. The Balaban J connectivity index is 1.63. The number of hydrogen-bond acceptors (Lipinski definition) is 4. The number of nitrogens with zero attached hydrogens (tertiary/aromatic N) is 1. The lowest BCUT2D eigenvalue weighted by Crippen LogP contribution is -2.44. The second-order valence-electron chi connectivity index (χ2n) is 8.92. The van der Waals surface area contributed by atoms with Crippen molar-refractivity contribution in [1.29, 1.82) is 0 Å². The zero-order valence-electron chi connectivity index (χ0n) is 17.5. The second-order valence-corrected chi connectivity index (χ2v) is 13.7. The van der Waals surface area contributed by atoms with Crippen molar-refractivity contribution in [3.63, 3.8) is 0 Å². The summed E-state index contributed by atoms with van der Waals surface area (Å²) in [5.41, 5.74) is 0. The van der Waals surface area contributed by atoms with Crippen LogP contribution in [0.15, 0.2) is 30.3 Å². The maximum atomic E-state index is 6.58. The molecule has 0 aliphatic carbocycles. The first kappa shape index (κ1) is 21.4. The number of benzene rings is 1. The number of ether oxygens (including phenoxy) is 2. The minimum atomic E-state index is -1.69. The van der Waals surface area contributed by atoms with E-state index in [1.54, 1.807) is 0 Å². The lowest BCUT2D eigenvalue weighted by atomic mass is 10.2. The van der Waals surface area contributed by atoms with Crippen molar-refractivity contribution in [1.82, 2.24) is 4.90 Å². The van der Waals surface area contributed by atoms with Gasteiger partial charge in [0.15, 0.2) is 8.32 Å². The standard InChI is InChI=1S/C21H37NO3Si/c1-21(2,3)26(5,6)25-20-15-18(22(4)16-20)17-23-13-10-14-24-19-11-8-7-9-12-19/h7-9,11-12,18,20H,10,13-17H2,1-6H3/t18-,20+/m1/s1. The molecule has 1 heterocycles. The van der Waals surface area contributed by atoms with E-state index in [9.17, 15) is 0 Å². The van der Waals surface area contributed by atoms with Crippen LogP contribution in [0.1, 0.15) is 33.6 Å². The highest BCUT2D eigenvalue weighted by Crippen LogP contribution is 2.38. The topological polar surface area (TPSA) is 30.9 Å². The van der Waals surface area contributed by atoms with Crippen molar-refractivity contribution in [2.24, 2.45) is 0 Å². The molecule has 1 aromatic rings. The summed E-state index contributed by atoms with van der Waals surface area (Å²) in [6.45, 7) is 14.8. The van der Waals surface area contributed by atoms with Crippen molar-refractivity contribution >= 4 is 8.32 Å². The average molecular weight is 380 g/mol. The van der Waals surface area contributed by atoms with E-state index in [4.69, 9.17) is 13.9 Å². The Kier molecular flexibility index (Phi) is 7.71. The van der Waals surface area contributed by atoms with Gasteiger partial charge in [0.2, 0.25) is 0 Å². The molecule has 1 aromatic carbocycles. The van der Waals surface area contributed by atoms with E-state index in [-0.39, 0.29) is 5.04 Å². The predicted molar refractivity (Wildman–Crippen MR) is 110 cm³/mol. The molecule has 1 aliphatic heterocycles. The third-order valence-electron chi connectivity index (χ3n) is 5.67. The highest BCUT2D eigenvalue weighted by atomic mass is 28.4. The smallest absolute Gasteiger partial charge is 0.192 e. The average Bonchev–Trinajstić information content (AvgIpc) is 2.89. The Morgan fingerprint density at radius 1 is 1.12 bits per heavy atom. The summed E-state index contributed by atoms with van der Waals surface area (Å²) in [5, 5.41) is 0.263. The largest absolute Gasteiger partial charge is 0.494 e. The van der Waals surface area contributed by atoms with Gasteiger partial charge in [-0.3, -0.25) is 4.90 Å². The Hall–Kier alpha value is -0.883. The van der Waals surface area contributed by atoms with Crippen molar-refractivity contribution in [2.45, 2.75) is 63.9 Å². The second kappa shape index (κ2) is 9.35. The molecule has 0 radical (unpaired) electrons. The van der Waals surface area contributed by atoms with E-state index in [1.165, 1.54) is 0 Å². The van der Waals surface area contributed by atoms with Crippen LogP contribution in [0.25, 0.3) is 0 Å². The minimum Gasteiger partial charge on any atom is -0.494 e. The van der Waals surface area contributed by atoms with Crippen LogP contribution >= 0.6 is 0 Å². The lowest BCUT2D eigenvalue weighted by Gasteiger charge is -2.38. The normalized spacial score (nSPS) is 21.9. The van der Waals surface area contributed by atoms with E-state index in [1.807, 2.05) is 30.3 Å². The van der Waals surface area contributed by atoms with Crippen LogP contribution in [0.4, 0.5) is 0 Å². The number of rotatable bonds is 9. The first-order valence-electron chi connectivity index (χ1n) is 9.83. The van der Waals surface area contributed by atoms with E-state index in [2.05, 4.69) is 45.8 Å². The van der Waals surface area contributed by atoms with Gasteiger partial charge in [-0.1, -0.05) is 39.0 Å². The van der Waals surface area contributed by atoms with Crippen LogP contribution in [0, 0.1) is 0 Å². The molecule has 1 aliphatic rings. The molecule has 0 saturated carbocycles. The Labute approximate surface area is 161 Å². The van der Waals surface area contributed by atoms with Crippen LogP contribution in [-0.4, -0.2) is 58.8 Å². The number of para-hydroxylation sites is 1.